The van der Waals surface area contributed by atoms with Crippen LogP contribution < -0.4 is 0 Å². The molecule has 104 valence electrons. The van der Waals surface area contributed by atoms with Gasteiger partial charge < -0.3 is 0 Å². The molecule has 1 fully saturated rings. The minimum absolute atomic E-state index is 0.164. The summed E-state index contributed by atoms with van der Waals surface area (Å²) in [4.78, 5) is 12.7. The van der Waals surface area contributed by atoms with Crippen molar-refractivity contribution in [3.63, 3.8) is 0 Å². The zero-order valence-electron chi connectivity index (χ0n) is 11.7. The Balaban J connectivity index is 1.97. The van der Waals surface area contributed by atoms with E-state index in [2.05, 4.69) is 18.9 Å². The van der Waals surface area contributed by atoms with Gasteiger partial charge in [-0.1, -0.05) is 31.9 Å². The van der Waals surface area contributed by atoms with Crippen LogP contribution in [0.4, 0.5) is 5.69 Å². The molecule has 0 aliphatic heterocycles. The minimum Gasteiger partial charge on any atom is -0.299 e. The topological polar surface area (TPSA) is 46.4 Å². The monoisotopic (exact) mass is 262 g/mol. The number of nitro benzene ring substituents is 1. The van der Waals surface area contributed by atoms with Crippen molar-refractivity contribution >= 4 is 5.69 Å². The van der Waals surface area contributed by atoms with Gasteiger partial charge in [0.2, 0.25) is 0 Å². The first-order chi connectivity index (χ1) is 9.08. The molecule has 2 unspecified atom stereocenters. The van der Waals surface area contributed by atoms with Crippen LogP contribution in [0.2, 0.25) is 0 Å². The average molecular weight is 262 g/mol. The Labute approximate surface area is 114 Å². The number of rotatable bonds is 4. The van der Waals surface area contributed by atoms with E-state index in [-0.39, 0.29) is 10.6 Å². The van der Waals surface area contributed by atoms with Crippen molar-refractivity contribution in [2.45, 2.75) is 45.2 Å². The summed E-state index contributed by atoms with van der Waals surface area (Å²) >= 11 is 0. The predicted octanol–water partition coefficient (Wildman–Crippen LogP) is 3.61. The van der Waals surface area contributed by atoms with Crippen molar-refractivity contribution in [3.05, 3.63) is 39.9 Å². The molecule has 0 amide bonds. The summed E-state index contributed by atoms with van der Waals surface area (Å²) in [6.45, 7) is 3.20. The number of benzene rings is 1. The van der Waals surface area contributed by atoms with Crippen molar-refractivity contribution in [2.75, 3.05) is 7.05 Å². The fourth-order valence-corrected chi connectivity index (χ4v) is 3.08. The maximum Gasteiger partial charge on any atom is 0.269 e. The molecule has 4 nitrogen and oxygen atoms in total. The molecular weight excluding hydrogens is 240 g/mol. The van der Waals surface area contributed by atoms with Crippen LogP contribution in [-0.2, 0) is 6.54 Å². The first-order valence-corrected chi connectivity index (χ1v) is 7.01. The summed E-state index contributed by atoms with van der Waals surface area (Å²) in [7, 11) is 2.16. The van der Waals surface area contributed by atoms with Crippen LogP contribution in [0, 0.1) is 16.0 Å². The van der Waals surface area contributed by atoms with Crippen molar-refractivity contribution < 1.29 is 4.92 Å². The van der Waals surface area contributed by atoms with Crippen LogP contribution in [0.3, 0.4) is 0 Å². The molecule has 4 heteroatoms. The molecule has 0 saturated heterocycles. The number of hydrogen-bond donors (Lipinski definition) is 0. The Morgan fingerprint density at radius 2 is 1.89 bits per heavy atom. The molecular formula is C15H22N2O2. The van der Waals surface area contributed by atoms with E-state index < -0.39 is 0 Å². The molecule has 0 aromatic heterocycles. The van der Waals surface area contributed by atoms with E-state index in [0.29, 0.717) is 6.04 Å². The molecule has 0 bridgehead atoms. The minimum atomic E-state index is -0.350. The van der Waals surface area contributed by atoms with E-state index in [4.69, 9.17) is 0 Å². The zero-order valence-corrected chi connectivity index (χ0v) is 11.7. The van der Waals surface area contributed by atoms with Crippen LogP contribution in [-0.4, -0.2) is 22.9 Å². The Hall–Kier alpha value is -1.42. The molecule has 0 heterocycles. The number of non-ortho nitro benzene ring substituents is 1. The second-order valence-electron chi connectivity index (χ2n) is 5.67. The lowest BCUT2D eigenvalue weighted by molar-refractivity contribution is -0.384. The fraction of sp³-hybridized carbons (Fsp3) is 0.600. The van der Waals surface area contributed by atoms with Gasteiger partial charge in [-0.2, -0.15) is 0 Å². The van der Waals surface area contributed by atoms with Crippen molar-refractivity contribution in [2.24, 2.45) is 5.92 Å². The fourth-order valence-electron chi connectivity index (χ4n) is 3.08. The largest absolute Gasteiger partial charge is 0.299 e. The summed E-state index contributed by atoms with van der Waals surface area (Å²) in [5.41, 5.74) is 1.31. The van der Waals surface area contributed by atoms with E-state index in [1.807, 2.05) is 12.1 Å². The van der Waals surface area contributed by atoms with Crippen molar-refractivity contribution in [3.8, 4) is 0 Å². The molecule has 1 aliphatic rings. The van der Waals surface area contributed by atoms with Crippen LogP contribution in [0.5, 0.6) is 0 Å². The van der Waals surface area contributed by atoms with Gasteiger partial charge in [0.25, 0.3) is 5.69 Å². The first kappa shape index (κ1) is 14.0. The molecule has 1 aromatic carbocycles. The SMILES string of the molecule is CC1CCCCC1N(C)Cc1ccc([N+](=O)[O-])cc1. The molecule has 1 aromatic rings. The highest BCUT2D eigenvalue weighted by Crippen LogP contribution is 2.28. The number of hydrogen-bond acceptors (Lipinski definition) is 3. The van der Waals surface area contributed by atoms with E-state index in [9.17, 15) is 10.1 Å². The van der Waals surface area contributed by atoms with Crippen LogP contribution in [0.25, 0.3) is 0 Å². The molecule has 0 N–H and O–H groups in total. The van der Waals surface area contributed by atoms with Gasteiger partial charge in [0.05, 0.1) is 4.92 Å². The smallest absolute Gasteiger partial charge is 0.269 e. The molecule has 0 spiro atoms. The Morgan fingerprint density at radius 3 is 2.47 bits per heavy atom. The maximum absolute atomic E-state index is 10.6. The number of nitro groups is 1. The third-order valence-electron chi connectivity index (χ3n) is 4.21. The van der Waals surface area contributed by atoms with Gasteiger partial charge in [-0.25, -0.2) is 0 Å². The highest BCUT2D eigenvalue weighted by molar-refractivity contribution is 5.32. The van der Waals surface area contributed by atoms with Crippen LogP contribution in [0.15, 0.2) is 24.3 Å². The average Bonchev–Trinajstić information content (AvgIpc) is 2.39. The normalized spacial score (nSPS) is 23.5. The van der Waals surface area contributed by atoms with E-state index >= 15 is 0 Å². The van der Waals surface area contributed by atoms with Gasteiger partial charge in [0.1, 0.15) is 0 Å². The predicted molar refractivity (Wildman–Crippen MR) is 76.0 cm³/mol. The second kappa shape index (κ2) is 6.15. The maximum atomic E-state index is 10.6. The van der Waals surface area contributed by atoms with E-state index in [1.54, 1.807) is 12.1 Å². The zero-order chi connectivity index (χ0) is 13.8. The van der Waals surface area contributed by atoms with Gasteiger partial charge in [0, 0.05) is 24.7 Å². The van der Waals surface area contributed by atoms with Gasteiger partial charge in [-0.05, 0) is 31.4 Å². The second-order valence-corrected chi connectivity index (χ2v) is 5.67. The highest BCUT2D eigenvalue weighted by Gasteiger charge is 2.24. The molecule has 0 radical (unpaired) electrons. The molecule has 1 aliphatic carbocycles. The van der Waals surface area contributed by atoms with Crippen LogP contribution >= 0.6 is 0 Å². The van der Waals surface area contributed by atoms with E-state index in [1.165, 1.54) is 25.7 Å². The summed E-state index contributed by atoms with van der Waals surface area (Å²) in [5, 5.41) is 10.6. The van der Waals surface area contributed by atoms with Gasteiger partial charge in [0.15, 0.2) is 0 Å². The summed E-state index contributed by atoms with van der Waals surface area (Å²) in [6, 6.07) is 7.55. The molecule has 2 rings (SSSR count). The lowest BCUT2D eigenvalue weighted by Crippen LogP contribution is -2.38. The molecule has 2 atom stereocenters. The summed E-state index contributed by atoms with van der Waals surface area (Å²) < 4.78 is 0. The number of nitrogens with zero attached hydrogens (tertiary/aromatic N) is 2. The Morgan fingerprint density at radius 1 is 1.26 bits per heavy atom. The van der Waals surface area contributed by atoms with Gasteiger partial charge in [-0.15, -0.1) is 0 Å². The Kier molecular flexibility index (Phi) is 4.53. The first-order valence-electron chi connectivity index (χ1n) is 7.01. The van der Waals surface area contributed by atoms with Gasteiger partial charge >= 0.3 is 0 Å². The van der Waals surface area contributed by atoms with Crippen LogP contribution in [0.1, 0.15) is 38.2 Å². The van der Waals surface area contributed by atoms with E-state index in [0.717, 1.165) is 18.0 Å². The van der Waals surface area contributed by atoms with Gasteiger partial charge in [-0.3, -0.25) is 15.0 Å². The van der Waals surface area contributed by atoms with Crippen molar-refractivity contribution in [1.29, 1.82) is 0 Å². The Bertz CT molecular complexity index is 430. The summed E-state index contributed by atoms with van der Waals surface area (Å²) in [5.74, 6) is 0.747. The molecule has 19 heavy (non-hydrogen) atoms. The van der Waals surface area contributed by atoms with Crippen molar-refractivity contribution in [1.82, 2.24) is 4.90 Å². The standard InChI is InChI=1S/C15H22N2O2/c1-12-5-3-4-6-15(12)16(2)11-13-7-9-14(10-8-13)17(18)19/h7-10,12,15H,3-6,11H2,1-2H3. The third kappa shape index (κ3) is 3.53. The lowest BCUT2D eigenvalue weighted by Gasteiger charge is -2.36. The third-order valence-corrected chi connectivity index (χ3v) is 4.21. The molecule has 1 saturated carbocycles. The summed E-state index contributed by atoms with van der Waals surface area (Å²) in [6.07, 6.45) is 5.25. The highest BCUT2D eigenvalue weighted by atomic mass is 16.6. The lowest BCUT2D eigenvalue weighted by atomic mass is 9.85. The quantitative estimate of drug-likeness (QED) is 0.615.